The lowest BCUT2D eigenvalue weighted by Gasteiger charge is -2.02. The zero-order valence-electron chi connectivity index (χ0n) is 9.40. The van der Waals surface area contributed by atoms with Gasteiger partial charge in [-0.3, -0.25) is 0 Å². The summed E-state index contributed by atoms with van der Waals surface area (Å²) in [6.45, 7) is 0.808. The summed E-state index contributed by atoms with van der Waals surface area (Å²) >= 11 is 0. The Hall–Kier alpha value is -1.60. The van der Waals surface area contributed by atoms with E-state index in [2.05, 4.69) is 20.0 Å². The number of fused-ring (bicyclic) bond motifs is 1. The fourth-order valence-corrected chi connectivity index (χ4v) is 1.93. The quantitative estimate of drug-likeness (QED) is 0.679. The Kier molecular flexibility index (Phi) is 3.30. The number of anilines is 1. The first-order chi connectivity index (χ1) is 8.04. The van der Waals surface area contributed by atoms with E-state index in [9.17, 15) is 8.42 Å². The molecule has 3 N–H and O–H groups in total. The molecule has 1 heterocycles. The monoisotopic (exact) mass is 254 g/mol. The van der Waals surface area contributed by atoms with Crippen LogP contribution in [-0.2, 0) is 10.0 Å². The van der Waals surface area contributed by atoms with Crippen LogP contribution in [0.15, 0.2) is 24.3 Å². The highest BCUT2D eigenvalue weighted by Crippen LogP contribution is 2.12. The van der Waals surface area contributed by atoms with Crippen LogP contribution in [-0.4, -0.2) is 37.7 Å². The van der Waals surface area contributed by atoms with Gasteiger partial charge in [0.05, 0.1) is 17.3 Å². The summed E-state index contributed by atoms with van der Waals surface area (Å²) in [5.74, 6) is 0.640. The first kappa shape index (κ1) is 11.9. The number of nitrogens with zero attached hydrogens (tertiary/aromatic N) is 1. The second-order valence-corrected chi connectivity index (χ2v) is 5.53. The highest BCUT2D eigenvalue weighted by molar-refractivity contribution is 7.88. The van der Waals surface area contributed by atoms with Crippen molar-refractivity contribution < 1.29 is 8.42 Å². The molecule has 0 saturated carbocycles. The van der Waals surface area contributed by atoms with Gasteiger partial charge in [-0.05, 0) is 12.1 Å². The Balaban J connectivity index is 1.91. The number of imidazole rings is 1. The number of aromatic amines is 1. The van der Waals surface area contributed by atoms with Gasteiger partial charge in [-0.25, -0.2) is 18.1 Å². The van der Waals surface area contributed by atoms with Gasteiger partial charge in [0.25, 0.3) is 0 Å². The Morgan fingerprint density at radius 2 is 2.06 bits per heavy atom. The van der Waals surface area contributed by atoms with Crippen molar-refractivity contribution in [1.29, 1.82) is 0 Å². The van der Waals surface area contributed by atoms with Gasteiger partial charge in [-0.15, -0.1) is 0 Å². The maximum absolute atomic E-state index is 10.8. The predicted molar refractivity (Wildman–Crippen MR) is 67.4 cm³/mol. The summed E-state index contributed by atoms with van der Waals surface area (Å²) in [6.07, 6.45) is 1.13. The van der Waals surface area contributed by atoms with Gasteiger partial charge in [0, 0.05) is 13.1 Å². The molecule has 2 rings (SSSR count). The topological polar surface area (TPSA) is 86.9 Å². The molecule has 7 heteroatoms. The van der Waals surface area contributed by atoms with Crippen LogP contribution in [0.1, 0.15) is 0 Å². The van der Waals surface area contributed by atoms with E-state index in [1.165, 1.54) is 0 Å². The largest absolute Gasteiger partial charge is 0.354 e. The minimum Gasteiger partial charge on any atom is -0.354 e. The minimum atomic E-state index is -3.12. The fraction of sp³-hybridized carbons (Fsp3) is 0.300. The van der Waals surface area contributed by atoms with Crippen molar-refractivity contribution in [2.75, 3.05) is 24.7 Å². The molecule has 92 valence electrons. The lowest BCUT2D eigenvalue weighted by atomic mass is 10.3. The summed E-state index contributed by atoms with van der Waals surface area (Å²) < 4.78 is 24.0. The molecular formula is C10H14N4O2S. The zero-order chi connectivity index (χ0) is 12.3. The lowest BCUT2D eigenvalue weighted by Crippen LogP contribution is -2.27. The molecule has 0 bridgehead atoms. The standard InChI is InChI=1S/C10H14N4O2S/c1-17(15,16)12-7-6-11-10-13-8-4-2-3-5-9(8)14-10/h2-5,12H,6-7H2,1H3,(H2,11,13,14). The molecule has 0 amide bonds. The van der Waals surface area contributed by atoms with Gasteiger partial charge in [0.15, 0.2) is 0 Å². The number of sulfonamides is 1. The van der Waals surface area contributed by atoms with E-state index in [1.807, 2.05) is 24.3 Å². The normalized spacial score (nSPS) is 11.8. The van der Waals surface area contributed by atoms with Gasteiger partial charge in [0.2, 0.25) is 16.0 Å². The number of para-hydroxylation sites is 2. The average molecular weight is 254 g/mol. The minimum absolute atomic E-state index is 0.329. The first-order valence-electron chi connectivity index (χ1n) is 5.18. The fourth-order valence-electron chi connectivity index (χ4n) is 1.45. The van der Waals surface area contributed by atoms with E-state index in [4.69, 9.17) is 0 Å². The molecule has 17 heavy (non-hydrogen) atoms. The molecule has 0 atom stereocenters. The average Bonchev–Trinajstić information content (AvgIpc) is 2.65. The third kappa shape index (κ3) is 3.43. The van der Waals surface area contributed by atoms with Crippen molar-refractivity contribution in [3.05, 3.63) is 24.3 Å². The summed E-state index contributed by atoms with van der Waals surface area (Å²) in [6, 6.07) is 7.68. The van der Waals surface area contributed by atoms with Crippen LogP contribution < -0.4 is 10.0 Å². The van der Waals surface area contributed by atoms with Crippen LogP contribution in [0.25, 0.3) is 11.0 Å². The van der Waals surface area contributed by atoms with Crippen molar-refractivity contribution in [2.45, 2.75) is 0 Å². The smallest absolute Gasteiger partial charge is 0.208 e. The third-order valence-corrected chi connectivity index (χ3v) is 2.90. The Bertz CT molecular complexity index is 573. The molecule has 0 aliphatic rings. The third-order valence-electron chi connectivity index (χ3n) is 2.17. The molecule has 1 aromatic carbocycles. The number of hydrogen-bond donors (Lipinski definition) is 3. The van der Waals surface area contributed by atoms with Crippen molar-refractivity contribution in [3.63, 3.8) is 0 Å². The molecule has 0 radical (unpaired) electrons. The number of aromatic nitrogens is 2. The first-order valence-corrected chi connectivity index (χ1v) is 7.07. The molecule has 6 nitrogen and oxygen atoms in total. The summed E-state index contributed by atoms with van der Waals surface area (Å²) in [5.41, 5.74) is 1.83. The van der Waals surface area contributed by atoms with Gasteiger partial charge in [0.1, 0.15) is 0 Å². The number of rotatable bonds is 5. The molecule has 0 aliphatic carbocycles. The molecule has 0 spiro atoms. The highest BCUT2D eigenvalue weighted by Gasteiger charge is 2.02. The van der Waals surface area contributed by atoms with E-state index in [0.29, 0.717) is 19.0 Å². The Morgan fingerprint density at radius 1 is 1.29 bits per heavy atom. The summed E-state index contributed by atoms with van der Waals surface area (Å²) in [4.78, 5) is 7.40. The van der Waals surface area contributed by atoms with E-state index < -0.39 is 10.0 Å². The molecule has 1 aromatic heterocycles. The second kappa shape index (κ2) is 4.72. The van der Waals surface area contributed by atoms with Crippen LogP contribution in [0.4, 0.5) is 5.95 Å². The van der Waals surface area contributed by atoms with Crippen LogP contribution in [0.5, 0.6) is 0 Å². The Labute approximate surface area is 99.5 Å². The highest BCUT2D eigenvalue weighted by atomic mass is 32.2. The molecular weight excluding hydrogens is 240 g/mol. The molecule has 0 unspecified atom stereocenters. The number of nitrogens with one attached hydrogen (secondary N) is 3. The van der Waals surface area contributed by atoms with Gasteiger partial charge in [-0.2, -0.15) is 0 Å². The van der Waals surface area contributed by atoms with Crippen molar-refractivity contribution in [2.24, 2.45) is 0 Å². The van der Waals surface area contributed by atoms with Crippen LogP contribution >= 0.6 is 0 Å². The maximum Gasteiger partial charge on any atom is 0.208 e. The van der Waals surface area contributed by atoms with Gasteiger partial charge < -0.3 is 10.3 Å². The molecule has 0 saturated heterocycles. The van der Waals surface area contributed by atoms with E-state index >= 15 is 0 Å². The number of hydrogen-bond acceptors (Lipinski definition) is 4. The van der Waals surface area contributed by atoms with Crippen molar-refractivity contribution in [3.8, 4) is 0 Å². The summed E-state index contributed by atoms with van der Waals surface area (Å²) in [5, 5.41) is 3.01. The SMILES string of the molecule is CS(=O)(=O)NCCNc1nc2ccccc2[nH]1. The van der Waals surface area contributed by atoms with Crippen LogP contribution in [0.2, 0.25) is 0 Å². The van der Waals surface area contributed by atoms with E-state index in [1.54, 1.807) is 0 Å². The number of benzene rings is 1. The van der Waals surface area contributed by atoms with E-state index in [0.717, 1.165) is 17.3 Å². The van der Waals surface area contributed by atoms with Crippen molar-refractivity contribution >= 4 is 27.0 Å². The van der Waals surface area contributed by atoms with Gasteiger partial charge in [-0.1, -0.05) is 12.1 Å². The molecule has 0 fully saturated rings. The van der Waals surface area contributed by atoms with Gasteiger partial charge >= 0.3 is 0 Å². The summed E-state index contributed by atoms with van der Waals surface area (Å²) in [7, 11) is -3.12. The van der Waals surface area contributed by atoms with Crippen molar-refractivity contribution in [1.82, 2.24) is 14.7 Å². The second-order valence-electron chi connectivity index (χ2n) is 3.70. The molecule has 0 aliphatic heterocycles. The zero-order valence-corrected chi connectivity index (χ0v) is 10.2. The lowest BCUT2D eigenvalue weighted by molar-refractivity contribution is 0.589. The predicted octanol–water partition coefficient (Wildman–Crippen LogP) is 0.524. The van der Waals surface area contributed by atoms with E-state index in [-0.39, 0.29) is 0 Å². The van der Waals surface area contributed by atoms with Crippen LogP contribution in [0.3, 0.4) is 0 Å². The van der Waals surface area contributed by atoms with Crippen LogP contribution in [0, 0.1) is 0 Å². The maximum atomic E-state index is 10.8. The Morgan fingerprint density at radius 3 is 2.76 bits per heavy atom. The molecule has 2 aromatic rings. The number of H-pyrrole nitrogens is 1.